The van der Waals surface area contributed by atoms with Gasteiger partial charge in [-0.25, -0.2) is 0 Å². The molecule has 0 rings (SSSR count). The Hall–Kier alpha value is -1.18. The van der Waals surface area contributed by atoms with Crippen LogP contribution in [0.2, 0.25) is 0 Å². The van der Waals surface area contributed by atoms with Gasteiger partial charge in [0.05, 0.1) is 31.5 Å². The molecule has 154 valence electrons. The summed E-state index contributed by atoms with van der Waals surface area (Å²) in [5, 5.41) is 5.66. The van der Waals surface area contributed by atoms with Crippen LogP contribution in [0.1, 0.15) is 48.5 Å². The van der Waals surface area contributed by atoms with Crippen molar-refractivity contribution in [3.05, 3.63) is 0 Å². The Balaban J connectivity index is 3.78. The highest BCUT2D eigenvalue weighted by Gasteiger charge is 2.27. The third-order valence-electron chi connectivity index (χ3n) is 4.11. The summed E-state index contributed by atoms with van der Waals surface area (Å²) in [6.07, 6.45) is 0.0404. The molecule has 0 aliphatic heterocycles. The van der Waals surface area contributed by atoms with E-state index in [0.29, 0.717) is 32.9 Å². The first-order valence-corrected chi connectivity index (χ1v) is 9.44. The minimum atomic E-state index is -0.365. The summed E-state index contributed by atoms with van der Waals surface area (Å²) in [5.74, 6) is 0.0660. The van der Waals surface area contributed by atoms with Crippen LogP contribution in [-0.4, -0.2) is 63.0 Å². The van der Waals surface area contributed by atoms with Crippen LogP contribution in [0.4, 0.5) is 0 Å². The van der Waals surface area contributed by atoms with Crippen molar-refractivity contribution in [3.8, 4) is 0 Å². The number of carbonyl (C=O) groups excluding carboxylic acids is 2. The van der Waals surface area contributed by atoms with Gasteiger partial charge in [0.15, 0.2) is 0 Å². The van der Waals surface area contributed by atoms with Gasteiger partial charge < -0.3 is 24.8 Å². The minimum absolute atomic E-state index is 0.0166. The first-order chi connectivity index (χ1) is 12.1. The van der Waals surface area contributed by atoms with Crippen LogP contribution in [0.25, 0.3) is 0 Å². The van der Waals surface area contributed by atoms with Crippen LogP contribution in [0.5, 0.6) is 0 Å². The normalized spacial score (nSPS) is 13.1. The van der Waals surface area contributed by atoms with Gasteiger partial charge in [-0.1, -0.05) is 20.8 Å². The average molecular weight is 375 g/mol. The lowest BCUT2D eigenvalue weighted by Crippen LogP contribution is -2.42. The third-order valence-corrected chi connectivity index (χ3v) is 4.11. The molecular formula is C19H38N2O5. The molecule has 7 nitrogen and oxygen atoms in total. The second-order valence-corrected chi connectivity index (χ2v) is 7.57. The van der Waals surface area contributed by atoms with E-state index in [1.54, 1.807) is 0 Å². The van der Waals surface area contributed by atoms with Crippen molar-refractivity contribution in [1.29, 1.82) is 0 Å². The van der Waals surface area contributed by atoms with Crippen molar-refractivity contribution in [3.63, 3.8) is 0 Å². The standard InChI is InChI=1S/C19H38N2O5/c1-14(2)18(23)21-12-16(5)19(6,7)26-11-10-24-9-8-20-17(22)13-25-15(3)4/h14-16H,8-13H2,1-7H3,(H,20,22)(H,21,23). The molecule has 0 spiro atoms. The fourth-order valence-corrected chi connectivity index (χ4v) is 1.87. The third kappa shape index (κ3) is 12.2. The van der Waals surface area contributed by atoms with Crippen molar-refractivity contribution in [1.82, 2.24) is 10.6 Å². The predicted molar refractivity (Wildman–Crippen MR) is 102 cm³/mol. The molecule has 0 fully saturated rings. The monoisotopic (exact) mass is 374 g/mol. The molecule has 0 radical (unpaired) electrons. The number of carbonyl (C=O) groups is 2. The van der Waals surface area contributed by atoms with E-state index in [1.807, 2.05) is 41.5 Å². The highest BCUT2D eigenvalue weighted by molar-refractivity contribution is 5.77. The summed E-state index contributed by atoms with van der Waals surface area (Å²) < 4.78 is 16.6. The summed E-state index contributed by atoms with van der Waals surface area (Å²) in [5.41, 5.74) is -0.365. The molecule has 2 N–H and O–H groups in total. The number of ether oxygens (including phenoxy) is 3. The molecule has 7 heteroatoms. The molecule has 1 unspecified atom stereocenters. The highest BCUT2D eigenvalue weighted by atomic mass is 16.5. The Bertz CT molecular complexity index is 411. The summed E-state index contributed by atoms with van der Waals surface area (Å²) in [6.45, 7) is 16.0. The number of rotatable bonds is 14. The summed E-state index contributed by atoms with van der Waals surface area (Å²) in [4.78, 5) is 23.1. The summed E-state index contributed by atoms with van der Waals surface area (Å²) >= 11 is 0. The van der Waals surface area contributed by atoms with Crippen LogP contribution in [0, 0.1) is 11.8 Å². The van der Waals surface area contributed by atoms with Crippen molar-refractivity contribution < 1.29 is 23.8 Å². The van der Waals surface area contributed by atoms with Crippen LogP contribution < -0.4 is 10.6 Å². The van der Waals surface area contributed by atoms with Gasteiger partial charge in [0.2, 0.25) is 11.8 Å². The molecule has 0 bridgehead atoms. The van der Waals surface area contributed by atoms with E-state index in [2.05, 4.69) is 17.6 Å². The molecule has 0 heterocycles. The SMILES string of the molecule is CC(C)OCC(=O)NCCOCCOC(C)(C)C(C)CNC(=O)C(C)C. The highest BCUT2D eigenvalue weighted by Crippen LogP contribution is 2.20. The van der Waals surface area contributed by atoms with Crippen LogP contribution >= 0.6 is 0 Å². The Morgan fingerprint density at radius 3 is 2.19 bits per heavy atom. The maximum atomic E-state index is 11.6. The van der Waals surface area contributed by atoms with E-state index >= 15 is 0 Å². The summed E-state index contributed by atoms with van der Waals surface area (Å²) in [6, 6.07) is 0. The second-order valence-electron chi connectivity index (χ2n) is 7.57. The second kappa shape index (κ2) is 13.1. The zero-order valence-corrected chi connectivity index (χ0v) is 17.5. The van der Waals surface area contributed by atoms with Gasteiger partial charge in [-0.3, -0.25) is 9.59 Å². The molecule has 0 aliphatic rings. The van der Waals surface area contributed by atoms with E-state index in [4.69, 9.17) is 14.2 Å². The lowest BCUT2D eigenvalue weighted by Gasteiger charge is -2.32. The minimum Gasteiger partial charge on any atom is -0.377 e. The topological polar surface area (TPSA) is 85.9 Å². The van der Waals surface area contributed by atoms with E-state index in [-0.39, 0.29) is 42.0 Å². The van der Waals surface area contributed by atoms with Gasteiger partial charge in [-0.05, 0) is 27.7 Å². The van der Waals surface area contributed by atoms with Gasteiger partial charge >= 0.3 is 0 Å². The first kappa shape index (κ1) is 24.8. The van der Waals surface area contributed by atoms with Crippen molar-refractivity contribution in [2.24, 2.45) is 11.8 Å². The van der Waals surface area contributed by atoms with E-state index in [0.717, 1.165) is 0 Å². The first-order valence-electron chi connectivity index (χ1n) is 9.44. The Morgan fingerprint density at radius 2 is 1.62 bits per heavy atom. The zero-order chi connectivity index (χ0) is 20.2. The molecule has 1 atom stereocenters. The van der Waals surface area contributed by atoms with Gasteiger partial charge in [0.25, 0.3) is 0 Å². The van der Waals surface area contributed by atoms with Crippen molar-refractivity contribution in [2.75, 3.05) is 39.5 Å². The Kier molecular flexibility index (Phi) is 12.5. The van der Waals surface area contributed by atoms with E-state index in [1.165, 1.54) is 0 Å². The smallest absolute Gasteiger partial charge is 0.246 e. The van der Waals surface area contributed by atoms with E-state index in [9.17, 15) is 9.59 Å². The molecule has 0 aromatic heterocycles. The summed E-state index contributed by atoms with van der Waals surface area (Å²) in [7, 11) is 0. The van der Waals surface area contributed by atoms with E-state index < -0.39 is 0 Å². The molecule has 0 saturated heterocycles. The van der Waals surface area contributed by atoms with Gasteiger partial charge in [0, 0.05) is 24.9 Å². The maximum absolute atomic E-state index is 11.6. The van der Waals surface area contributed by atoms with Gasteiger partial charge in [-0.15, -0.1) is 0 Å². The lowest BCUT2D eigenvalue weighted by atomic mass is 9.92. The fraction of sp³-hybridized carbons (Fsp3) is 0.895. The fourth-order valence-electron chi connectivity index (χ4n) is 1.87. The molecule has 0 aromatic rings. The average Bonchev–Trinajstić information content (AvgIpc) is 2.56. The largest absolute Gasteiger partial charge is 0.377 e. The van der Waals surface area contributed by atoms with Crippen LogP contribution in [0.3, 0.4) is 0 Å². The van der Waals surface area contributed by atoms with Crippen molar-refractivity contribution >= 4 is 11.8 Å². The Labute approximate surface area is 158 Å². The number of hydrogen-bond donors (Lipinski definition) is 2. The van der Waals surface area contributed by atoms with Gasteiger partial charge in [-0.2, -0.15) is 0 Å². The molecular weight excluding hydrogens is 336 g/mol. The molecule has 0 aliphatic carbocycles. The Morgan fingerprint density at radius 1 is 0.962 bits per heavy atom. The quantitative estimate of drug-likeness (QED) is 0.453. The van der Waals surface area contributed by atoms with Crippen LogP contribution in [-0.2, 0) is 23.8 Å². The molecule has 2 amide bonds. The maximum Gasteiger partial charge on any atom is 0.246 e. The number of hydrogen-bond acceptors (Lipinski definition) is 5. The molecule has 26 heavy (non-hydrogen) atoms. The lowest BCUT2D eigenvalue weighted by molar-refractivity contribution is -0.127. The van der Waals surface area contributed by atoms with Gasteiger partial charge in [0.1, 0.15) is 6.61 Å². The number of nitrogens with one attached hydrogen (secondary N) is 2. The van der Waals surface area contributed by atoms with Crippen molar-refractivity contribution in [2.45, 2.75) is 60.2 Å². The predicted octanol–water partition coefficient (Wildman–Crippen LogP) is 1.75. The molecule has 0 aromatic carbocycles. The van der Waals surface area contributed by atoms with Crippen LogP contribution in [0.15, 0.2) is 0 Å². The molecule has 0 saturated carbocycles. The number of amides is 2. The zero-order valence-electron chi connectivity index (χ0n) is 17.5.